The first-order valence-electron chi connectivity index (χ1n) is 14.5. The van der Waals surface area contributed by atoms with Crippen molar-refractivity contribution in [2.45, 2.75) is 55.8 Å². The molecule has 0 bridgehead atoms. The van der Waals surface area contributed by atoms with Gasteiger partial charge in [0.2, 0.25) is 0 Å². The van der Waals surface area contributed by atoms with Crippen LogP contribution in [0.3, 0.4) is 0 Å². The van der Waals surface area contributed by atoms with Gasteiger partial charge in [0.15, 0.2) is 0 Å². The van der Waals surface area contributed by atoms with E-state index in [1.54, 1.807) is 24.3 Å². The summed E-state index contributed by atoms with van der Waals surface area (Å²) in [6.07, 6.45) is 1.92. The van der Waals surface area contributed by atoms with E-state index in [0.717, 1.165) is 5.56 Å². The van der Waals surface area contributed by atoms with Crippen LogP contribution in [0.15, 0.2) is 71.6 Å². The highest BCUT2D eigenvalue weighted by molar-refractivity contribution is 7.90. The number of carbonyl (C=O) groups is 3. The Morgan fingerprint density at radius 1 is 0.957 bits per heavy atom. The zero-order chi connectivity index (χ0) is 34.0. The van der Waals surface area contributed by atoms with Crippen molar-refractivity contribution in [3.05, 3.63) is 104 Å². The maximum atomic E-state index is 12.8. The van der Waals surface area contributed by atoms with Crippen molar-refractivity contribution in [3.63, 3.8) is 0 Å². The van der Waals surface area contributed by atoms with Gasteiger partial charge in [0.05, 0.1) is 23.1 Å². The lowest BCUT2D eigenvalue weighted by Crippen LogP contribution is -2.46. The molecule has 0 unspecified atom stereocenters. The first-order chi connectivity index (χ1) is 22.4. The normalized spacial score (nSPS) is 16.0. The van der Waals surface area contributed by atoms with Gasteiger partial charge in [-0.2, -0.15) is 0 Å². The summed E-state index contributed by atoms with van der Waals surface area (Å²) >= 11 is 5.99. The minimum Gasteiger partial charge on any atom is -0.496 e. The Hall–Kier alpha value is -4.89. The van der Waals surface area contributed by atoms with Crippen molar-refractivity contribution >= 4 is 39.5 Å². The van der Waals surface area contributed by atoms with Crippen molar-refractivity contribution < 1.29 is 42.2 Å². The molecule has 1 fully saturated rings. The van der Waals surface area contributed by atoms with Crippen LogP contribution in [0.1, 0.15) is 57.5 Å². The highest BCUT2D eigenvalue weighted by atomic mass is 35.5. The molecule has 0 atom stereocenters. The van der Waals surface area contributed by atoms with Crippen LogP contribution in [0, 0.1) is 10.1 Å². The van der Waals surface area contributed by atoms with Gasteiger partial charge in [0.25, 0.3) is 21.0 Å². The molecule has 250 valence electrons. The largest absolute Gasteiger partial charge is 0.496 e. The zero-order valence-corrected chi connectivity index (χ0v) is 26.8. The minimum atomic E-state index is -4.15. The molecule has 14 nitrogen and oxygen atoms in total. The predicted octanol–water partition coefficient (Wildman–Crippen LogP) is 4.19. The summed E-state index contributed by atoms with van der Waals surface area (Å²) in [7, 11) is -2.69. The average Bonchev–Trinajstić information content (AvgIpc) is 3.04. The lowest BCUT2D eigenvalue weighted by atomic mass is 9.93. The predicted molar refractivity (Wildman–Crippen MR) is 169 cm³/mol. The Kier molecular flexibility index (Phi) is 12.0. The Balaban J connectivity index is 1.18. The van der Waals surface area contributed by atoms with E-state index in [2.05, 4.69) is 15.5 Å². The molecule has 0 aromatic heterocycles. The van der Waals surface area contributed by atoms with Gasteiger partial charge in [0.1, 0.15) is 18.5 Å². The average molecular weight is 689 g/mol. The summed E-state index contributed by atoms with van der Waals surface area (Å²) in [4.78, 5) is 52.1. The third-order valence-electron chi connectivity index (χ3n) is 7.38. The molecule has 0 heterocycles. The molecule has 0 saturated heterocycles. The number of methoxy groups -OCH3 is 1. The fraction of sp³-hybridized carbons (Fsp3) is 0.323. The number of benzene rings is 3. The number of esters is 1. The molecule has 1 aliphatic carbocycles. The molecule has 1 aliphatic rings. The van der Waals surface area contributed by atoms with Crippen LogP contribution in [-0.2, 0) is 32.6 Å². The minimum absolute atomic E-state index is 0.0990. The van der Waals surface area contributed by atoms with E-state index < -0.39 is 27.1 Å². The lowest BCUT2D eigenvalue weighted by Gasteiger charge is -2.28. The number of nitrogens with zero attached hydrogens (tertiary/aromatic N) is 1. The van der Waals surface area contributed by atoms with E-state index in [1.807, 2.05) is 4.72 Å². The number of hydrogen-bond donors (Lipinski definition) is 3. The van der Waals surface area contributed by atoms with Crippen LogP contribution in [0.5, 0.6) is 5.75 Å². The third kappa shape index (κ3) is 10.3. The molecule has 1 saturated carbocycles. The SMILES string of the molecule is COc1ccc(Cl)cc1C(=O)NCCc1ccc(S(=O)(=O)NC(=O)NC2CCC(OC(=O)c3ccc(CO[N+](=O)[O-])cc3)CC2)cc1. The van der Waals surface area contributed by atoms with Crippen LogP contribution >= 0.6 is 11.6 Å². The summed E-state index contributed by atoms with van der Waals surface area (Å²) in [6.45, 7) is 0.0472. The summed E-state index contributed by atoms with van der Waals surface area (Å²) in [5, 5.41) is 15.3. The second-order valence-corrected chi connectivity index (χ2v) is 12.8. The van der Waals surface area contributed by atoms with Gasteiger partial charge in [0, 0.05) is 17.6 Å². The van der Waals surface area contributed by atoms with Gasteiger partial charge in [-0.15, -0.1) is 10.1 Å². The molecule has 0 radical (unpaired) electrons. The number of rotatable bonds is 13. The third-order valence-corrected chi connectivity index (χ3v) is 8.96. The topological polar surface area (TPSA) is 192 Å². The molecule has 0 spiro atoms. The summed E-state index contributed by atoms with van der Waals surface area (Å²) < 4.78 is 38.4. The molecule has 3 N–H and O–H groups in total. The fourth-order valence-electron chi connectivity index (χ4n) is 4.91. The van der Waals surface area contributed by atoms with E-state index in [0.29, 0.717) is 54.0 Å². The number of hydrogen-bond acceptors (Lipinski definition) is 10. The van der Waals surface area contributed by atoms with Crippen LogP contribution in [-0.4, -0.2) is 57.2 Å². The smallest absolute Gasteiger partial charge is 0.338 e. The van der Waals surface area contributed by atoms with Crippen molar-refractivity contribution in [1.82, 2.24) is 15.4 Å². The zero-order valence-electron chi connectivity index (χ0n) is 25.3. The van der Waals surface area contributed by atoms with Gasteiger partial charge in [-0.3, -0.25) is 4.79 Å². The van der Waals surface area contributed by atoms with Gasteiger partial charge in [-0.1, -0.05) is 35.9 Å². The number of carbonyl (C=O) groups excluding carboxylic acids is 3. The summed E-state index contributed by atoms with van der Waals surface area (Å²) in [5.41, 5.74) is 1.88. The maximum absolute atomic E-state index is 12.8. The van der Waals surface area contributed by atoms with Crippen LogP contribution in [0.2, 0.25) is 5.02 Å². The van der Waals surface area contributed by atoms with Crippen molar-refractivity contribution in [2.75, 3.05) is 13.7 Å². The summed E-state index contributed by atoms with van der Waals surface area (Å²) in [6, 6.07) is 15.5. The summed E-state index contributed by atoms with van der Waals surface area (Å²) in [5.74, 6) is -0.515. The van der Waals surface area contributed by atoms with Crippen LogP contribution in [0.25, 0.3) is 0 Å². The van der Waals surface area contributed by atoms with Gasteiger partial charge in [-0.25, -0.2) is 22.7 Å². The van der Waals surface area contributed by atoms with Gasteiger partial charge in [-0.05, 0) is 85.7 Å². The standard InChI is InChI=1S/C31H33ClN4O10S/c1-44-28-15-8-23(32)18-27(28)29(37)33-17-16-20-4-13-26(14-5-20)47(42,43)35-31(39)34-24-9-11-25(12-10-24)46-30(38)22-6-2-21(3-7-22)19-45-36(40)41/h2-8,13-15,18,24-25H,9-12,16-17,19H2,1H3,(H,33,37)(H2,34,35,39). The molecule has 16 heteroatoms. The van der Waals surface area contributed by atoms with Crippen molar-refractivity contribution in [1.29, 1.82) is 0 Å². The number of nitrogens with one attached hydrogen (secondary N) is 3. The first kappa shape index (κ1) is 35.0. The lowest BCUT2D eigenvalue weighted by molar-refractivity contribution is -0.763. The quantitative estimate of drug-likeness (QED) is 0.133. The Bertz CT molecular complexity index is 1690. The molecular weight excluding hydrogens is 656 g/mol. The van der Waals surface area contributed by atoms with E-state index in [1.165, 1.54) is 49.6 Å². The molecular formula is C31H33ClN4O10S. The second-order valence-electron chi connectivity index (χ2n) is 10.6. The highest BCUT2D eigenvalue weighted by Gasteiger charge is 2.27. The Morgan fingerprint density at radius 2 is 1.62 bits per heavy atom. The second kappa shape index (κ2) is 16.1. The molecule has 0 aliphatic heterocycles. The van der Waals surface area contributed by atoms with Gasteiger partial charge < -0.3 is 24.9 Å². The molecule has 4 rings (SSSR count). The fourth-order valence-corrected chi connectivity index (χ4v) is 6.00. The number of amides is 3. The van der Waals surface area contributed by atoms with E-state index >= 15 is 0 Å². The number of sulfonamides is 1. The molecule has 3 aromatic carbocycles. The number of ether oxygens (including phenoxy) is 2. The molecule has 3 amide bonds. The van der Waals surface area contributed by atoms with Crippen molar-refractivity contribution in [2.24, 2.45) is 0 Å². The number of halogens is 1. The van der Waals surface area contributed by atoms with E-state index in [-0.39, 0.29) is 41.7 Å². The van der Waals surface area contributed by atoms with E-state index in [4.69, 9.17) is 21.1 Å². The number of urea groups is 1. The Labute approximate surface area is 275 Å². The Morgan fingerprint density at radius 3 is 2.26 bits per heavy atom. The first-order valence-corrected chi connectivity index (χ1v) is 16.4. The highest BCUT2D eigenvalue weighted by Crippen LogP contribution is 2.24. The van der Waals surface area contributed by atoms with Crippen LogP contribution in [0.4, 0.5) is 4.79 Å². The molecule has 3 aromatic rings. The van der Waals surface area contributed by atoms with E-state index in [9.17, 15) is 32.9 Å². The van der Waals surface area contributed by atoms with Crippen LogP contribution < -0.4 is 20.1 Å². The molecule has 47 heavy (non-hydrogen) atoms. The monoisotopic (exact) mass is 688 g/mol. The van der Waals surface area contributed by atoms with Gasteiger partial charge >= 0.3 is 12.0 Å². The maximum Gasteiger partial charge on any atom is 0.338 e. The van der Waals surface area contributed by atoms with Crippen molar-refractivity contribution in [3.8, 4) is 5.75 Å².